The molecule has 6 heteroatoms. The molecule has 1 aromatic rings. The van der Waals surface area contributed by atoms with Crippen LogP contribution in [0.2, 0.25) is 0 Å². The Hall–Kier alpha value is -1.01. The summed E-state index contributed by atoms with van der Waals surface area (Å²) in [6, 6.07) is 0.734. The predicted molar refractivity (Wildman–Crippen MR) is 85.6 cm³/mol. The number of hydrogen-bond donors (Lipinski definition) is 0. The molecule has 3 heterocycles. The van der Waals surface area contributed by atoms with Crippen LogP contribution in [0.4, 0.5) is 0 Å². The van der Waals surface area contributed by atoms with Crippen LogP contribution >= 0.6 is 11.8 Å². The van der Waals surface area contributed by atoms with Crippen molar-refractivity contribution in [3.63, 3.8) is 0 Å². The molecular formula is C15H24N4OS. The Bertz CT molecular complexity index is 484. The van der Waals surface area contributed by atoms with Gasteiger partial charge in [0.05, 0.1) is 12.5 Å². The van der Waals surface area contributed by atoms with Crippen LogP contribution in [0.1, 0.15) is 29.8 Å². The molecular weight excluding hydrogens is 284 g/mol. The van der Waals surface area contributed by atoms with Crippen molar-refractivity contribution >= 4 is 17.7 Å². The van der Waals surface area contributed by atoms with E-state index in [9.17, 15) is 4.79 Å². The SMILES string of the molecule is Cn1cncc1C(=O)N1CCCN(C2CCSCC2)CC1. The van der Waals surface area contributed by atoms with E-state index in [1.807, 2.05) is 16.5 Å². The first-order valence-electron chi connectivity index (χ1n) is 7.83. The zero-order chi connectivity index (χ0) is 14.7. The molecule has 1 amide bonds. The van der Waals surface area contributed by atoms with Gasteiger partial charge in [0.25, 0.3) is 5.91 Å². The Morgan fingerprint density at radius 2 is 2.05 bits per heavy atom. The number of nitrogens with zero attached hydrogens (tertiary/aromatic N) is 4. The third kappa shape index (κ3) is 3.43. The van der Waals surface area contributed by atoms with E-state index < -0.39 is 0 Å². The highest BCUT2D eigenvalue weighted by Crippen LogP contribution is 2.23. The topological polar surface area (TPSA) is 41.4 Å². The molecule has 0 spiro atoms. The lowest BCUT2D eigenvalue weighted by Crippen LogP contribution is -2.41. The lowest BCUT2D eigenvalue weighted by Gasteiger charge is -2.33. The number of carbonyl (C=O) groups excluding carboxylic acids is 1. The molecule has 0 aliphatic carbocycles. The maximum absolute atomic E-state index is 12.6. The molecule has 0 radical (unpaired) electrons. The molecule has 2 aliphatic rings. The van der Waals surface area contributed by atoms with Crippen LogP contribution in [0.3, 0.4) is 0 Å². The fourth-order valence-corrected chi connectivity index (χ4v) is 4.36. The highest BCUT2D eigenvalue weighted by Gasteiger charge is 2.26. The number of aryl methyl sites for hydroxylation is 1. The van der Waals surface area contributed by atoms with Crippen molar-refractivity contribution in [2.24, 2.45) is 7.05 Å². The lowest BCUT2D eigenvalue weighted by molar-refractivity contribution is 0.0748. The highest BCUT2D eigenvalue weighted by molar-refractivity contribution is 7.99. The molecule has 0 bridgehead atoms. The molecule has 0 N–H and O–H groups in total. The predicted octanol–water partition coefficient (Wildman–Crippen LogP) is 1.46. The summed E-state index contributed by atoms with van der Waals surface area (Å²) in [5.74, 6) is 2.70. The summed E-state index contributed by atoms with van der Waals surface area (Å²) in [6.45, 7) is 3.85. The van der Waals surface area contributed by atoms with Crippen LogP contribution in [0, 0.1) is 0 Å². The number of carbonyl (C=O) groups is 1. The number of thioether (sulfide) groups is 1. The molecule has 2 saturated heterocycles. The second-order valence-corrected chi connectivity index (χ2v) is 7.14. The number of rotatable bonds is 2. The summed E-state index contributed by atoms with van der Waals surface area (Å²) in [5, 5.41) is 0. The van der Waals surface area contributed by atoms with Gasteiger partial charge < -0.3 is 9.47 Å². The third-order valence-electron chi connectivity index (χ3n) is 4.56. The lowest BCUT2D eigenvalue weighted by atomic mass is 10.1. The van der Waals surface area contributed by atoms with E-state index in [1.54, 1.807) is 12.5 Å². The van der Waals surface area contributed by atoms with Gasteiger partial charge in [0.2, 0.25) is 0 Å². The maximum Gasteiger partial charge on any atom is 0.272 e. The molecule has 0 aromatic carbocycles. The smallest absolute Gasteiger partial charge is 0.272 e. The van der Waals surface area contributed by atoms with E-state index in [-0.39, 0.29) is 5.91 Å². The molecule has 21 heavy (non-hydrogen) atoms. The van der Waals surface area contributed by atoms with Gasteiger partial charge in [-0.25, -0.2) is 4.98 Å². The number of imidazole rings is 1. The fourth-order valence-electron chi connectivity index (χ4n) is 3.28. The number of aromatic nitrogens is 2. The van der Waals surface area contributed by atoms with Crippen LogP contribution in [-0.4, -0.2) is 69.0 Å². The minimum atomic E-state index is 0.121. The van der Waals surface area contributed by atoms with Crippen LogP contribution < -0.4 is 0 Å². The first-order valence-corrected chi connectivity index (χ1v) is 8.98. The molecule has 2 fully saturated rings. The number of amides is 1. The third-order valence-corrected chi connectivity index (χ3v) is 5.61. The van der Waals surface area contributed by atoms with Crippen molar-refractivity contribution in [1.29, 1.82) is 0 Å². The van der Waals surface area contributed by atoms with E-state index >= 15 is 0 Å². The number of hydrogen-bond acceptors (Lipinski definition) is 4. The zero-order valence-electron chi connectivity index (χ0n) is 12.7. The Balaban J connectivity index is 1.60. The maximum atomic E-state index is 12.6. The van der Waals surface area contributed by atoms with E-state index in [0.717, 1.165) is 38.6 Å². The van der Waals surface area contributed by atoms with Gasteiger partial charge in [0.15, 0.2) is 0 Å². The van der Waals surface area contributed by atoms with Crippen LogP contribution in [0.25, 0.3) is 0 Å². The van der Waals surface area contributed by atoms with E-state index in [4.69, 9.17) is 0 Å². The quantitative estimate of drug-likeness (QED) is 0.829. The summed E-state index contributed by atoms with van der Waals surface area (Å²) < 4.78 is 1.81. The van der Waals surface area contributed by atoms with Gasteiger partial charge in [-0.05, 0) is 30.8 Å². The van der Waals surface area contributed by atoms with Crippen LogP contribution in [0.15, 0.2) is 12.5 Å². The van der Waals surface area contributed by atoms with Crippen molar-refractivity contribution < 1.29 is 4.79 Å². The van der Waals surface area contributed by atoms with Crippen LogP contribution in [0.5, 0.6) is 0 Å². The van der Waals surface area contributed by atoms with E-state index in [1.165, 1.54) is 24.3 Å². The summed E-state index contributed by atoms with van der Waals surface area (Å²) in [5.41, 5.74) is 0.692. The van der Waals surface area contributed by atoms with E-state index in [2.05, 4.69) is 21.6 Å². The summed E-state index contributed by atoms with van der Waals surface area (Å²) in [7, 11) is 1.88. The minimum absolute atomic E-state index is 0.121. The van der Waals surface area contributed by atoms with Gasteiger partial charge in [-0.1, -0.05) is 0 Å². The Kier molecular flexibility index (Phi) is 4.85. The largest absolute Gasteiger partial charge is 0.336 e. The standard InChI is InChI=1S/C15H24N4OS/c1-17-12-16-11-14(17)15(20)19-6-2-5-18(7-8-19)13-3-9-21-10-4-13/h11-13H,2-10H2,1H3. The summed E-state index contributed by atoms with van der Waals surface area (Å²) >= 11 is 2.07. The fraction of sp³-hybridized carbons (Fsp3) is 0.733. The molecule has 0 unspecified atom stereocenters. The first kappa shape index (κ1) is 14.9. The zero-order valence-corrected chi connectivity index (χ0v) is 13.5. The van der Waals surface area contributed by atoms with Gasteiger partial charge in [-0.15, -0.1) is 0 Å². The van der Waals surface area contributed by atoms with Crippen molar-refractivity contribution in [3.05, 3.63) is 18.2 Å². The van der Waals surface area contributed by atoms with Crippen LogP contribution in [-0.2, 0) is 7.05 Å². The molecule has 116 valence electrons. The molecule has 3 rings (SSSR count). The molecule has 0 atom stereocenters. The molecule has 5 nitrogen and oxygen atoms in total. The van der Waals surface area contributed by atoms with Gasteiger partial charge in [0.1, 0.15) is 5.69 Å². The Labute approximate surface area is 130 Å². The highest BCUT2D eigenvalue weighted by atomic mass is 32.2. The first-order chi connectivity index (χ1) is 10.3. The van der Waals surface area contributed by atoms with Crippen molar-refractivity contribution in [2.45, 2.75) is 25.3 Å². The van der Waals surface area contributed by atoms with Gasteiger partial charge in [-0.3, -0.25) is 9.69 Å². The van der Waals surface area contributed by atoms with Crippen molar-refractivity contribution in [2.75, 3.05) is 37.7 Å². The molecule has 1 aromatic heterocycles. The summed E-state index contributed by atoms with van der Waals surface area (Å²) in [6.07, 6.45) is 7.05. The summed E-state index contributed by atoms with van der Waals surface area (Å²) in [4.78, 5) is 21.2. The van der Waals surface area contributed by atoms with E-state index in [0.29, 0.717) is 5.69 Å². The Morgan fingerprint density at radius 1 is 1.24 bits per heavy atom. The molecule has 2 aliphatic heterocycles. The second-order valence-electron chi connectivity index (χ2n) is 5.92. The van der Waals surface area contributed by atoms with Gasteiger partial charge in [-0.2, -0.15) is 11.8 Å². The Morgan fingerprint density at radius 3 is 2.76 bits per heavy atom. The average molecular weight is 308 g/mol. The monoisotopic (exact) mass is 308 g/mol. The van der Waals surface area contributed by atoms with Crippen molar-refractivity contribution in [3.8, 4) is 0 Å². The molecule has 0 saturated carbocycles. The van der Waals surface area contributed by atoms with Gasteiger partial charge in [0, 0.05) is 39.3 Å². The average Bonchev–Trinajstić information content (AvgIpc) is 2.80. The normalized spacial score (nSPS) is 22.2. The van der Waals surface area contributed by atoms with Crippen molar-refractivity contribution in [1.82, 2.24) is 19.4 Å². The van der Waals surface area contributed by atoms with Gasteiger partial charge >= 0.3 is 0 Å². The second kappa shape index (κ2) is 6.83. The minimum Gasteiger partial charge on any atom is -0.336 e.